The van der Waals surface area contributed by atoms with Crippen LogP contribution < -0.4 is 0 Å². The summed E-state index contributed by atoms with van der Waals surface area (Å²) >= 11 is 0. The summed E-state index contributed by atoms with van der Waals surface area (Å²) < 4.78 is 0. The van der Waals surface area contributed by atoms with Crippen LogP contribution in [0.4, 0.5) is 0 Å². The molecule has 77 valence electrons. The molecule has 0 aromatic heterocycles. The van der Waals surface area contributed by atoms with E-state index in [1.54, 1.807) is 0 Å². The Morgan fingerprint density at radius 1 is 0.733 bits per heavy atom. The second kappa shape index (κ2) is 14.0. The molecule has 0 aliphatic rings. The summed E-state index contributed by atoms with van der Waals surface area (Å²) in [5.74, 6) is 0. The average Bonchev–Trinajstić information content (AvgIpc) is 2.24. The van der Waals surface area contributed by atoms with Gasteiger partial charge in [-0.15, -0.1) is 0 Å². The Kier molecular flexibility index (Phi) is 17.0. The maximum atomic E-state index is 9.24. The Morgan fingerprint density at radius 2 is 0.933 bits per heavy atom. The van der Waals surface area contributed by atoms with Gasteiger partial charge in [0.15, 0.2) is 0 Å². The van der Waals surface area contributed by atoms with E-state index in [1.807, 2.05) is 0 Å². The number of hydrogen-bond donors (Lipinski definition) is 0. The van der Waals surface area contributed by atoms with Crippen LogP contribution in [0, 0.1) is 67.2 Å². The second-order valence-corrected chi connectivity index (χ2v) is 1.33. The van der Waals surface area contributed by atoms with Gasteiger partial charge in [-0.05, 0) is 12.1 Å². The number of nitrogens with zero attached hydrogens (tertiary/aromatic N) is 6. The summed E-state index contributed by atoms with van der Waals surface area (Å²) in [5, 5.41) is 35.0. The van der Waals surface area contributed by atoms with Gasteiger partial charge in [0.2, 0.25) is 0 Å². The van der Waals surface area contributed by atoms with E-state index >= 15 is 0 Å². The molecule has 0 spiro atoms. The van der Waals surface area contributed by atoms with Crippen molar-refractivity contribution >= 4 is 0 Å². The molecule has 0 unspecified atom stereocenters. The fourth-order valence-corrected chi connectivity index (χ4v) is 0.132. The van der Waals surface area contributed by atoms with E-state index < -0.39 is 12.1 Å². The molecule has 0 aromatic rings. The summed E-state index contributed by atoms with van der Waals surface area (Å²) in [6.45, 7) is 0. The SMILES string of the molecule is N#C[C-](C#N)N=O.N#C[C-](C#N)N=O.[Cu+2]. The molecule has 1 radical (unpaired) electrons. The standard InChI is InChI=1S/2C3N3O.Cu/c2*4-1-3(2-5)6-7;/q2*-1;+2. The van der Waals surface area contributed by atoms with Crippen molar-refractivity contribution in [1.29, 1.82) is 21.0 Å². The topological polar surface area (TPSA) is 154 Å². The van der Waals surface area contributed by atoms with E-state index in [0.717, 1.165) is 0 Å². The molecule has 0 fully saturated rings. The van der Waals surface area contributed by atoms with Crippen LogP contribution in [0.1, 0.15) is 0 Å². The minimum Gasteiger partial charge on any atom is -0.231 e. The van der Waals surface area contributed by atoms with Crippen molar-refractivity contribution in [3.8, 4) is 24.3 Å². The van der Waals surface area contributed by atoms with E-state index in [2.05, 4.69) is 10.4 Å². The number of hydrogen-bond acceptors (Lipinski definition) is 8. The molecule has 0 saturated carbocycles. The van der Waals surface area contributed by atoms with Gasteiger partial charge in [0.25, 0.3) is 0 Å². The van der Waals surface area contributed by atoms with Crippen molar-refractivity contribution < 1.29 is 17.1 Å². The fraction of sp³-hybridized carbons (Fsp3) is 0. The Hall–Kier alpha value is -2.58. The number of rotatable bonds is 2. The molecule has 0 aliphatic heterocycles. The molecule has 0 heterocycles. The zero-order chi connectivity index (χ0) is 11.4. The quantitative estimate of drug-likeness (QED) is 0.399. The van der Waals surface area contributed by atoms with Crippen molar-refractivity contribution in [1.82, 2.24) is 0 Å². The van der Waals surface area contributed by atoms with Crippen molar-refractivity contribution in [3.63, 3.8) is 0 Å². The van der Waals surface area contributed by atoms with E-state index in [1.165, 1.54) is 24.3 Å². The molecule has 0 amide bonds. The average molecular weight is 252 g/mol. The van der Waals surface area contributed by atoms with E-state index in [4.69, 9.17) is 21.0 Å². The summed E-state index contributed by atoms with van der Waals surface area (Å²) in [5.41, 5.74) is 0. The van der Waals surface area contributed by atoms with Crippen LogP contribution in [-0.2, 0) is 17.1 Å². The molecule has 0 atom stereocenters. The first-order chi connectivity index (χ1) is 6.69. The minimum absolute atomic E-state index is 0. The third-order valence-electron chi connectivity index (χ3n) is 0.606. The summed E-state index contributed by atoms with van der Waals surface area (Å²) in [4.78, 5) is 18.5. The van der Waals surface area contributed by atoms with Gasteiger partial charge in [0.05, 0.1) is 0 Å². The van der Waals surface area contributed by atoms with Crippen molar-refractivity contribution in [2.75, 3.05) is 0 Å². The molecule has 8 nitrogen and oxygen atoms in total. The van der Waals surface area contributed by atoms with Gasteiger partial charge in [-0.2, -0.15) is 20.2 Å². The number of nitriles is 4. The first-order valence-corrected chi connectivity index (χ1v) is 2.71. The van der Waals surface area contributed by atoms with Gasteiger partial charge < -0.3 is 0 Å². The Bertz CT molecular complexity index is 292. The van der Waals surface area contributed by atoms with Crippen LogP contribution in [0.25, 0.3) is 0 Å². The van der Waals surface area contributed by atoms with Gasteiger partial charge in [-0.25, -0.2) is 21.0 Å². The van der Waals surface area contributed by atoms with E-state index in [9.17, 15) is 9.81 Å². The van der Waals surface area contributed by atoms with Crippen LogP contribution in [0.15, 0.2) is 10.4 Å². The second-order valence-electron chi connectivity index (χ2n) is 1.33. The molecule has 15 heavy (non-hydrogen) atoms. The Balaban J connectivity index is -0.000000180. The zero-order valence-electron chi connectivity index (χ0n) is 6.80. The molecule has 0 rings (SSSR count). The van der Waals surface area contributed by atoms with Crippen LogP contribution in [-0.4, -0.2) is 0 Å². The van der Waals surface area contributed by atoms with Crippen molar-refractivity contribution in [3.05, 3.63) is 21.9 Å². The number of nitroso groups, excluding NO2 is 2. The Labute approximate surface area is 95.1 Å². The predicted octanol–water partition coefficient (Wildman–Crippen LogP) is 0.661. The summed E-state index contributed by atoms with van der Waals surface area (Å²) in [6.07, 6.45) is 0. The first-order valence-electron chi connectivity index (χ1n) is 2.71. The van der Waals surface area contributed by atoms with E-state index in [-0.39, 0.29) is 17.1 Å². The third kappa shape index (κ3) is 11.4. The summed E-state index contributed by atoms with van der Waals surface area (Å²) in [6, 6.07) is 3.83. The molecular weight excluding hydrogens is 252 g/mol. The Morgan fingerprint density at radius 3 is 0.933 bits per heavy atom. The van der Waals surface area contributed by atoms with Crippen molar-refractivity contribution in [2.45, 2.75) is 0 Å². The first kappa shape index (κ1) is 18.3. The third-order valence-corrected chi connectivity index (χ3v) is 0.606. The van der Waals surface area contributed by atoms with Gasteiger partial charge in [0, 0.05) is 0 Å². The minimum atomic E-state index is -0.639. The van der Waals surface area contributed by atoms with Gasteiger partial charge >= 0.3 is 17.1 Å². The maximum Gasteiger partial charge on any atom is 2.00 e. The monoisotopic (exact) mass is 251 g/mol. The molecule has 0 bridgehead atoms. The van der Waals surface area contributed by atoms with Crippen LogP contribution in [0.3, 0.4) is 0 Å². The van der Waals surface area contributed by atoms with Gasteiger partial charge in [-0.1, -0.05) is 24.3 Å². The fourth-order valence-electron chi connectivity index (χ4n) is 0.132. The van der Waals surface area contributed by atoms with Gasteiger partial charge in [0.1, 0.15) is 0 Å². The molecule has 0 N–H and O–H groups in total. The zero-order valence-corrected chi connectivity index (χ0v) is 7.74. The van der Waals surface area contributed by atoms with E-state index in [0.29, 0.717) is 0 Å². The molecule has 0 aromatic carbocycles. The van der Waals surface area contributed by atoms with Crippen molar-refractivity contribution in [2.24, 2.45) is 10.4 Å². The predicted molar refractivity (Wildman–Crippen MR) is 40.5 cm³/mol. The summed E-state index contributed by atoms with van der Waals surface area (Å²) in [7, 11) is 0. The van der Waals surface area contributed by atoms with Crippen LogP contribution >= 0.6 is 0 Å². The van der Waals surface area contributed by atoms with Crippen LogP contribution in [0.5, 0.6) is 0 Å². The smallest absolute Gasteiger partial charge is 0.231 e. The largest absolute Gasteiger partial charge is 2.00 e. The maximum absolute atomic E-state index is 9.24. The molecule has 9 heteroatoms. The molecular formula is C6CuN6O2. The molecule has 0 aliphatic carbocycles. The normalized spacial score (nSPS) is 5.07. The van der Waals surface area contributed by atoms with Crippen LogP contribution in [0.2, 0.25) is 0 Å². The molecule has 0 saturated heterocycles. The van der Waals surface area contributed by atoms with Gasteiger partial charge in [-0.3, -0.25) is 0 Å².